The molecule has 34 heavy (non-hydrogen) atoms. The molecule has 0 radical (unpaired) electrons. The van der Waals surface area contributed by atoms with E-state index >= 15 is 0 Å². The predicted molar refractivity (Wildman–Crippen MR) is 134 cm³/mol. The largest absolute Gasteiger partial charge is 0.494 e. The third-order valence-corrected chi connectivity index (χ3v) is 9.80. The van der Waals surface area contributed by atoms with Gasteiger partial charge in [0, 0.05) is 44.8 Å². The van der Waals surface area contributed by atoms with Crippen LogP contribution in [0.2, 0.25) is 5.02 Å². The van der Waals surface area contributed by atoms with Gasteiger partial charge in [-0.2, -0.15) is 4.31 Å². The Hall–Kier alpha value is -2.40. The maximum Gasteiger partial charge on any atom is 0.253 e. The maximum atomic E-state index is 13.0. The minimum absolute atomic E-state index is 0.0983. The summed E-state index contributed by atoms with van der Waals surface area (Å²) < 4.78 is 33.2. The van der Waals surface area contributed by atoms with Crippen LogP contribution in [0.15, 0.2) is 41.3 Å². The number of aromatic nitrogens is 1. The van der Waals surface area contributed by atoms with E-state index < -0.39 is 10.0 Å². The fraction of sp³-hybridized carbons (Fsp3) is 0.391. The zero-order valence-electron chi connectivity index (χ0n) is 18.7. The van der Waals surface area contributed by atoms with Crippen LogP contribution in [-0.2, 0) is 10.0 Å². The summed E-state index contributed by atoms with van der Waals surface area (Å²) in [6.07, 6.45) is 1.78. The highest BCUT2D eigenvalue weighted by molar-refractivity contribution is 7.89. The molecule has 0 bridgehead atoms. The van der Waals surface area contributed by atoms with Gasteiger partial charge >= 0.3 is 0 Å². The SMILES string of the molecule is COc1ccc(Cl)c2sc(N3CCN(C(=O)c4ccc(S(=O)(=O)N5CCCC5)cc4)CC3)nc12. The number of piperazine rings is 1. The lowest BCUT2D eigenvalue weighted by Crippen LogP contribution is -2.48. The minimum atomic E-state index is -3.49. The van der Waals surface area contributed by atoms with E-state index in [9.17, 15) is 13.2 Å². The number of ether oxygens (including phenoxy) is 1. The Kier molecular flexibility index (Phi) is 6.41. The van der Waals surface area contributed by atoms with Crippen molar-refractivity contribution in [2.75, 3.05) is 51.3 Å². The maximum absolute atomic E-state index is 13.0. The van der Waals surface area contributed by atoms with E-state index in [1.807, 2.05) is 12.1 Å². The van der Waals surface area contributed by atoms with E-state index in [0.717, 1.165) is 28.2 Å². The van der Waals surface area contributed by atoms with Gasteiger partial charge < -0.3 is 14.5 Å². The number of carbonyl (C=O) groups excluding carboxylic acids is 1. The zero-order chi connectivity index (χ0) is 23.9. The van der Waals surface area contributed by atoms with Crippen molar-refractivity contribution < 1.29 is 17.9 Å². The molecule has 180 valence electrons. The quantitative estimate of drug-likeness (QED) is 0.510. The molecule has 3 heterocycles. The van der Waals surface area contributed by atoms with E-state index in [-0.39, 0.29) is 10.8 Å². The van der Waals surface area contributed by atoms with Crippen molar-refractivity contribution in [3.05, 3.63) is 47.0 Å². The van der Waals surface area contributed by atoms with Gasteiger partial charge in [0.15, 0.2) is 5.13 Å². The molecule has 0 N–H and O–H groups in total. The molecule has 1 amide bonds. The molecule has 11 heteroatoms. The molecule has 0 unspecified atom stereocenters. The van der Waals surface area contributed by atoms with Crippen molar-refractivity contribution in [3.63, 3.8) is 0 Å². The Morgan fingerprint density at radius 1 is 1.00 bits per heavy atom. The molecule has 0 aliphatic carbocycles. The van der Waals surface area contributed by atoms with Gasteiger partial charge in [0.1, 0.15) is 11.3 Å². The average Bonchev–Trinajstić information content (AvgIpc) is 3.56. The fourth-order valence-corrected chi connectivity index (χ4v) is 7.20. The first-order chi connectivity index (χ1) is 16.4. The molecule has 2 saturated heterocycles. The first-order valence-corrected chi connectivity index (χ1v) is 13.8. The van der Waals surface area contributed by atoms with E-state index in [1.54, 1.807) is 24.1 Å². The predicted octanol–water partition coefficient (Wildman–Crippen LogP) is 3.71. The van der Waals surface area contributed by atoms with E-state index in [0.29, 0.717) is 55.6 Å². The van der Waals surface area contributed by atoms with Crippen LogP contribution in [0.25, 0.3) is 10.2 Å². The Labute approximate surface area is 207 Å². The van der Waals surface area contributed by atoms with E-state index in [4.69, 9.17) is 21.3 Å². The highest BCUT2D eigenvalue weighted by Crippen LogP contribution is 2.38. The van der Waals surface area contributed by atoms with Crippen LogP contribution in [0, 0.1) is 0 Å². The molecular formula is C23H25ClN4O4S2. The van der Waals surface area contributed by atoms with Gasteiger partial charge in [0.25, 0.3) is 5.91 Å². The van der Waals surface area contributed by atoms with Crippen molar-refractivity contribution in [1.82, 2.24) is 14.2 Å². The first kappa shape index (κ1) is 23.3. The molecular weight excluding hydrogens is 496 g/mol. The number of sulfonamides is 1. The summed E-state index contributed by atoms with van der Waals surface area (Å²) >= 11 is 7.87. The van der Waals surface area contributed by atoms with Crippen LogP contribution in [0.4, 0.5) is 5.13 Å². The van der Waals surface area contributed by atoms with Crippen molar-refractivity contribution in [1.29, 1.82) is 0 Å². The molecule has 0 spiro atoms. The standard InChI is InChI=1S/C23H25ClN4O4S2/c1-32-19-9-8-18(24)21-20(19)25-23(33-21)27-14-12-26(13-15-27)22(29)16-4-6-17(7-5-16)34(30,31)28-10-2-3-11-28/h4-9H,2-3,10-15H2,1H3. The number of hydrogen-bond donors (Lipinski definition) is 0. The van der Waals surface area contributed by atoms with Crippen LogP contribution >= 0.6 is 22.9 Å². The van der Waals surface area contributed by atoms with E-state index in [2.05, 4.69) is 4.90 Å². The molecule has 2 aliphatic heterocycles. The molecule has 2 aliphatic rings. The molecule has 0 saturated carbocycles. The van der Waals surface area contributed by atoms with Crippen LogP contribution in [-0.4, -0.2) is 74.9 Å². The number of fused-ring (bicyclic) bond motifs is 1. The van der Waals surface area contributed by atoms with Crippen molar-refractivity contribution in [3.8, 4) is 5.75 Å². The second kappa shape index (κ2) is 9.33. The zero-order valence-corrected chi connectivity index (χ0v) is 21.1. The summed E-state index contributed by atoms with van der Waals surface area (Å²) in [4.78, 5) is 21.9. The molecule has 5 rings (SSSR count). The molecule has 8 nitrogen and oxygen atoms in total. The molecule has 2 aromatic carbocycles. The summed E-state index contributed by atoms with van der Waals surface area (Å²) in [5, 5.41) is 1.49. The minimum Gasteiger partial charge on any atom is -0.494 e. The summed E-state index contributed by atoms with van der Waals surface area (Å²) in [7, 11) is -1.87. The topological polar surface area (TPSA) is 83.0 Å². The Morgan fingerprint density at radius 3 is 2.32 bits per heavy atom. The lowest BCUT2D eigenvalue weighted by molar-refractivity contribution is 0.0746. The lowest BCUT2D eigenvalue weighted by atomic mass is 10.2. The second-order valence-electron chi connectivity index (χ2n) is 8.34. The van der Waals surface area contributed by atoms with Gasteiger partial charge in [-0.25, -0.2) is 13.4 Å². The Bertz CT molecular complexity index is 1310. The molecule has 3 aromatic rings. The van der Waals surface area contributed by atoms with Gasteiger partial charge in [-0.3, -0.25) is 4.79 Å². The second-order valence-corrected chi connectivity index (χ2v) is 11.7. The number of halogens is 1. The van der Waals surface area contributed by atoms with E-state index in [1.165, 1.54) is 27.8 Å². The number of nitrogens with zero attached hydrogens (tertiary/aromatic N) is 4. The fourth-order valence-electron chi connectivity index (χ4n) is 4.37. The molecule has 0 atom stereocenters. The van der Waals surface area contributed by atoms with Gasteiger partial charge in [-0.05, 0) is 49.2 Å². The third-order valence-electron chi connectivity index (χ3n) is 6.31. The number of amides is 1. The highest BCUT2D eigenvalue weighted by atomic mass is 35.5. The average molecular weight is 521 g/mol. The number of carbonyl (C=O) groups is 1. The highest BCUT2D eigenvalue weighted by Gasteiger charge is 2.28. The third kappa shape index (κ3) is 4.24. The number of benzene rings is 2. The number of methoxy groups -OCH3 is 1. The summed E-state index contributed by atoms with van der Waals surface area (Å²) in [5.41, 5.74) is 1.24. The number of anilines is 1. The van der Waals surface area contributed by atoms with Crippen LogP contribution in [0.3, 0.4) is 0 Å². The van der Waals surface area contributed by atoms with Gasteiger partial charge in [0.2, 0.25) is 10.0 Å². The summed E-state index contributed by atoms with van der Waals surface area (Å²) in [5.74, 6) is 0.588. The number of rotatable bonds is 5. The van der Waals surface area contributed by atoms with Crippen LogP contribution < -0.4 is 9.64 Å². The smallest absolute Gasteiger partial charge is 0.253 e. The van der Waals surface area contributed by atoms with Crippen molar-refractivity contribution in [2.45, 2.75) is 17.7 Å². The molecule has 1 aromatic heterocycles. The van der Waals surface area contributed by atoms with Crippen LogP contribution in [0.5, 0.6) is 5.75 Å². The normalized spacial score (nSPS) is 17.5. The van der Waals surface area contributed by atoms with Crippen molar-refractivity contribution >= 4 is 54.2 Å². The Balaban J connectivity index is 1.26. The van der Waals surface area contributed by atoms with Gasteiger partial charge in [-0.1, -0.05) is 22.9 Å². The summed E-state index contributed by atoms with van der Waals surface area (Å²) in [6, 6.07) is 9.92. The number of thiazole rings is 1. The molecule has 2 fully saturated rings. The lowest BCUT2D eigenvalue weighted by Gasteiger charge is -2.34. The van der Waals surface area contributed by atoms with Crippen molar-refractivity contribution in [2.24, 2.45) is 0 Å². The summed E-state index contributed by atoms with van der Waals surface area (Å²) in [6.45, 7) is 3.50. The van der Waals surface area contributed by atoms with Gasteiger partial charge in [-0.15, -0.1) is 0 Å². The Morgan fingerprint density at radius 2 is 1.68 bits per heavy atom. The monoisotopic (exact) mass is 520 g/mol. The number of hydrogen-bond acceptors (Lipinski definition) is 7. The first-order valence-electron chi connectivity index (χ1n) is 11.2. The van der Waals surface area contributed by atoms with Crippen LogP contribution in [0.1, 0.15) is 23.2 Å². The van der Waals surface area contributed by atoms with Gasteiger partial charge in [0.05, 0.1) is 21.7 Å².